The van der Waals surface area contributed by atoms with Gasteiger partial charge in [-0.1, -0.05) is 6.92 Å². The van der Waals surface area contributed by atoms with Crippen LogP contribution < -0.4 is 11.5 Å². The Morgan fingerprint density at radius 3 is 2.56 bits per heavy atom. The molecule has 0 radical (unpaired) electrons. The van der Waals surface area contributed by atoms with Crippen molar-refractivity contribution in [1.29, 1.82) is 0 Å². The summed E-state index contributed by atoms with van der Waals surface area (Å²) in [7, 11) is 1.68. The highest BCUT2D eigenvalue weighted by Gasteiger charge is 2.48. The van der Waals surface area contributed by atoms with Crippen molar-refractivity contribution < 1.29 is 9.53 Å². The number of nitrogens with zero attached hydrogens (tertiary/aromatic N) is 1. The van der Waals surface area contributed by atoms with E-state index in [4.69, 9.17) is 16.2 Å². The number of rotatable bonds is 9. The second kappa shape index (κ2) is 6.50. The normalized spacial score (nSPS) is 20.7. The molecule has 2 atom stereocenters. The molecule has 0 aromatic rings. The SMILES string of the molecule is CCC(C)N(CCOC)CC(N)(C(N)=O)C1CC1. The van der Waals surface area contributed by atoms with Crippen molar-refractivity contribution in [2.75, 3.05) is 26.8 Å². The molecule has 0 aromatic heterocycles. The molecule has 0 heterocycles. The molecule has 0 spiro atoms. The number of nitrogens with two attached hydrogens (primary N) is 2. The van der Waals surface area contributed by atoms with Gasteiger partial charge in [0, 0.05) is 26.2 Å². The summed E-state index contributed by atoms with van der Waals surface area (Å²) in [5.41, 5.74) is 10.9. The van der Waals surface area contributed by atoms with Crippen molar-refractivity contribution in [3.05, 3.63) is 0 Å². The average Bonchev–Trinajstić information content (AvgIpc) is 3.17. The van der Waals surface area contributed by atoms with Crippen LogP contribution in [0, 0.1) is 5.92 Å². The summed E-state index contributed by atoms with van der Waals surface area (Å²) in [5.74, 6) is -0.125. The minimum atomic E-state index is -0.878. The molecule has 1 amide bonds. The molecule has 1 aliphatic rings. The molecule has 0 bridgehead atoms. The predicted molar refractivity (Wildman–Crippen MR) is 72.0 cm³/mol. The van der Waals surface area contributed by atoms with Gasteiger partial charge in [-0.15, -0.1) is 0 Å². The number of carbonyl (C=O) groups is 1. The molecule has 0 aliphatic heterocycles. The second-order valence-corrected chi connectivity index (χ2v) is 5.40. The summed E-state index contributed by atoms with van der Waals surface area (Å²) < 4.78 is 5.12. The quantitative estimate of drug-likeness (QED) is 0.623. The van der Waals surface area contributed by atoms with Crippen molar-refractivity contribution in [2.24, 2.45) is 17.4 Å². The third-order valence-corrected chi connectivity index (χ3v) is 4.03. The van der Waals surface area contributed by atoms with Gasteiger partial charge in [0.1, 0.15) is 5.54 Å². The van der Waals surface area contributed by atoms with Crippen molar-refractivity contribution in [2.45, 2.75) is 44.7 Å². The molecule has 106 valence electrons. The first-order valence-corrected chi connectivity index (χ1v) is 6.77. The van der Waals surface area contributed by atoms with Crippen LogP contribution in [0.15, 0.2) is 0 Å². The van der Waals surface area contributed by atoms with Crippen molar-refractivity contribution in [1.82, 2.24) is 4.90 Å². The molecule has 18 heavy (non-hydrogen) atoms. The topological polar surface area (TPSA) is 81.6 Å². The number of hydrogen-bond acceptors (Lipinski definition) is 4. The van der Waals surface area contributed by atoms with Gasteiger partial charge in [-0.2, -0.15) is 0 Å². The van der Waals surface area contributed by atoms with Gasteiger partial charge in [0.25, 0.3) is 0 Å². The molecule has 5 heteroatoms. The Morgan fingerprint density at radius 2 is 2.17 bits per heavy atom. The van der Waals surface area contributed by atoms with E-state index >= 15 is 0 Å². The number of amides is 1. The highest BCUT2D eigenvalue weighted by molar-refractivity contribution is 5.85. The third-order valence-electron chi connectivity index (χ3n) is 4.03. The Bertz CT molecular complexity index is 281. The van der Waals surface area contributed by atoms with Crippen molar-refractivity contribution in [3.63, 3.8) is 0 Å². The fourth-order valence-electron chi connectivity index (χ4n) is 2.26. The number of primary amides is 1. The van der Waals surface area contributed by atoms with Gasteiger partial charge in [0.05, 0.1) is 6.61 Å². The van der Waals surface area contributed by atoms with Gasteiger partial charge in [0.2, 0.25) is 5.91 Å². The van der Waals surface area contributed by atoms with E-state index in [9.17, 15) is 4.79 Å². The molecule has 1 aliphatic carbocycles. The highest BCUT2D eigenvalue weighted by Crippen LogP contribution is 2.38. The summed E-state index contributed by atoms with van der Waals surface area (Å²) in [5, 5.41) is 0. The molecule has 2 unspecified atom stereocenters. The minimum Gasteiger partial charge on any atom is -0.383 e. The van der Waals surface area contributed by atoms with Crippen LogP contribution in [0.3, 0.4) is 0 Å². The predicted octanol–water partition coefficient (Wildman–Crippen LogP) is 0.326. The maximum atomic E-state index is 11.7. The second-order valence-electron chi connectivity index (χ2n) is 5.40. The Kier molecular flexibility index (Phi) is 5.56. The van der Waals surface area contributed by atoms with E-state index in [1.165, 1.54) is 0 Å². The monoisotopic (exact) mass is 257 g/mol. The number of hydrogen-bond donors (Lipinski definition) is 2. The van der Waals surface area contributed by atoms with Gasteiger partial charge in [-0.25, -0.2) is 0 Å². The van der Waals surface area contributed by atoms with Gasteiger partial charge in [0.15, 0.2) is 0 Å². The Labute approximate surface area is 110 Å². The standard InChI is InChI=1S/C13H27N3O2/c1-4-10(2)16(7-8-18-3)9-13(15,12(14)17)11-5-6-11/h10-11H,4-9,15H2,1-3H3,(H2,14,17). The van der Waals surface area contributed by atoms with E-state index in [1.54, 1.807) is 7.11 Å². The fourth-order valence-corrected chi connectivity index (χ4v) is 2.26. The number of ether oxygens (including phenoxy) is 1. The summed E-state index contributed by atoms with van der Waals surface area (Å²) in [4.78, 5) is 13.9. The average molecular weight is 257 g/mol. The molecule has 1 rings (SSSR count). The summed E-state index contributed by atoms with van der Waals surface area (Å²) in [6, 6.07) is 0.376. The number of carbonyl (C=O) groups excluding carboxylic acids is 1. The van der Waals surface area contributed by atoms with Crippen molar-refractivity contribution in [3.8, 4) is 0 Å². The lowest BCUT2D eigenvalue weighted by Crippen LogP contribution is -2.62. The smallest absolute Gasteiger partial charge is 0.239 e. The molecule has 0 saturated heterocycles. The summed E-state index contributed by atoms with van der Waals surface area (Å²) in [6.45, 7) is 6.23. The van der Waals surface area contributed by atoms with E-state index in [-0.39, 0.29) is 11.8 Å². The molecule has 1 saturated carbocycles. The maximum absolute atomic E-state index is 11.7. The van der Waals surface area contributed by atoms with Gasteiger partial charge < -0.3 is 16.2 Å². The lowest BCUT2D eigenvalue weighted by atomic mass is 9.92. The Balaban J connectivity index is 2.69. The first-order chi connectivity index (χ1) is 8.45. The minimum absolute atomic E-state index is 0.254. The third kappa shape index (κ3) is 3.67. The highest BCUT2D eigenvalue weighted by atomic mass is 16.5. The van der Waals surface area contributed by atoms with Gasteiger partial charge >= 0.3 is 0 Å². The van der Waals surface area contributed by atoms with Crippen LogP contribution in [0.1, 0.15) is 33.1 Å². The Hall–Kier alpha value is -0.650. The fraction of sp³-hybridized carbons (Fsp3) is 0.923. The van der Waals surface area contributed by atoms with Crippen LogP contribution in [0.2, 0.25) is 0 Å². The summed E-state index contributed by atoms with van der Waals surface area (Å²) >= 11 is 0. The zero-order valence-electron chi connectivity index (χ0n) is 11.8. The molecular weight excluding hydrogens is 230 g/mol. The van der Waals surface area contributed by atoms with Crippen LogP contribution >= 0.6 is 0 Å². The zero-order chi connectivity index (χ0) is 13.8. The van der Waals surface area contributed by atoms with Crippen LogP contribution in [0.25, 0.3) is 0 Å². The van der Waals surface area contributed by atoms with Crippen LogP contribution in [-0.2, 0) is 9.53 Å². The van der Waals surface area contributed by atoms with Gasteiger partial charge in [-0.05, 0) is 32.1 Å². The lowest BCUT2D eigenvalue weighted by Gasteiger charge is -2.36. The van der Waals surface area contributed by atoms with Crippen molar-refractivity contribution >= 4 is 5.91 Å². The first-order valence-electron chi connectivity index (χ1n) is 6.77. The van der Waals surface area contributed by atoms with E-state index in [0.717, 1.165) is 25.8 Å². The van der Waals surface area contributed by atoms with Gasteiger partial charge in [-0.3, -0.25) is 9.69 Å². The van der Waals surface area contributed by atoms with E-state index in [2.05, 4.69) is 18.7 Å². The summed E-state index contributed by atoms with van der Waals surface area (Å²) in [6.07, 6.45) is 3.04. The lowest BCUT2D eigenvalue weighted by molar-refractivity contribution is -0.125. The van der Waals surface area contributed by atoms with E-state index in [0.29, 0.717) is 19.2 Å². The van der Waals surface area contributed by atoms with Crippen LogP contribution in [0.5, 0.6) is 0 Å². The molecule has 1 fully saturated rings. The number of methoxy groups -OCH3 is 1. The molecule has 5 nitrogen and oxygen atoms in total. The van der Waals surface area contributed by atoms with E-state index in [1.807, 2.05) is 0 Å². The first kappa shape index (κ1) is 15.4. The molecular formula is C13H27N3O2. The zero-order valence-corrected chi connectivity index (χ0v) is 11.8. The molecule has 4 N–H and O–H groups in total. The molecule has 0 aromatic carbocycles. The van der Waals surface area contributed by atoms with E-state index < -0.39 is 5.54 Å². The Morgan fingerprint density at radius 1 is 1.56 bits per heavy atom. The van der Waals surface area contributed by atoms with Crippen LogP contribution in [-0.4, -0.2) is 49.2 Å². The maximum Gasteiger partial charge on any atom is 0.239 e. The van der Waals surface area contributed by atoms with Crippen LogP contribution in [0.4, 0.5) is 0 Å². The largest absolute Gasteiger partial charge is 0.383 e.